The Hall–Kier alpha value is -1.25. The maximum Gasteiger partial charge on any atom is 0.313 e. The molecule has 170 valence electrons. The summed E-state index contributed by atoms with van der Waals surface area (Å²) in [5, 5.41) is 0. The molecular weight excluding hydrogens is 360 g/mol. The summed E-state index contributed by atoms with van der Waals surface area (Å²) in [6, 6.07) is 0. The van der Waals surface area contributed by atoms with Crippen molar-refractivity contribution in [2.24, 2.45) is 5.92 Å². The van der Waals surface area contributed by atoms with Gasteiger partial charge in [-0.1, -0.05) is 116 Å². The van der Waals surface area contributed by atoms with E-state index in [4.69, 9.17) is 4.74 Å². The first kappa shape index (κ1) is 27.8. The van der Waals surface area contributed by atoms with E-state index in [0.29, 0.717) is 0 Å². The van der Waals surface area contributed by atoms with Crippen LogP contribution >= 0.6 is 0 Å². The number of carbonyl (C=O) groups is 1. The normalized spacial score (nSPS) is 12.6. The molecule has 0 spiro atoms. The smallest absolute Gasteiger partial charge is 0.313 e. The Morgan fingerprint density at radius 2 is 1.14 bits per heavy atom. The van der Waals surface area contributed by atoms with Crippen LogP contribution in [0.2, 0.25) is 0 Å². The highest BCUT2D eigenvalue weighted by atomic mass is 16.5. The molecule has 1 aliphatic carbocycles. The molecule has 0 radical (unpaired) electrons. The maximum absolute atomic E-state index is 10.5. The van der Waals surface area contributed by atoms with Crippen molar-refractivity contribution in [2.75, 3.05) is 6.61 Å². The van der Waals surface area contributed by atoms with E-state index in [1.807, 2.05) is 0 Å². The van der Waals surface area contributed by atoms with Gasteiger partial charge in [-0.05, 0) is 19.3 Å². The molecule has 1 aliphatic rings. The summed E-state index contributed by atoms with van der Waals surface area (Å²) < 4.78 is 9.61. The van der Waals surface area contributed by atoms with Gasteiger partial charge in [0.15, 0.2) is 0 Å². The van der Waals surface area contributed by atoms with Crippen LogP contribution in [0.25, 0.3) is 0 Å². The van der Waals surface area contributed by atoms with Crippen molar-refractivity contribution < 1.29 is 14.3 Å². The summed E-state index contributed by atoms with van der Waals surface area (Å²) in [7, 11) is 0. The van der Waals surface area contributed by atoms with Gasteiger partial charge in [-0.3, -0.25) is 4.79 Å². The Labute approximate surface area is 181 Å². The van der Waals surface area contributed by atoms with Gasteiger partial charge in [0.25, 0.3) is 0 Å². The molecule has 3 nitrogen and oxygen atoms in total. The third-order valence-corrected chi connectivity index (χ3v) is 5.34. The molecule has 1 fully saturated rings. The molecule has 0 N–H and O–H groups in total. The molecule has 0 amide bonds. The number of unbranched alkanes of at least 4 members (excludes halogenated alkanes) is 15. The van der Waals surface area contributed by atoms with E-state index in [1.165, 1.54) is 109 Å². The molecule has 3 heteroatoms. The summed E-state index contributed by atoms with van der Waals surface area (Å²) in [5.41, 5.74) is 0. The van der Waals surface area contributed by atoms with E-state index in [-0.39, 0.29) is 11.9 Å². The van der Waals surface area contributed by atoms with Crippen LogP contribution < -0.4 is 0 Å². The third kappa shape index (κ3) is 22.9. The third-order valence-electron chi connectivity index (χ3n) is 5.34. The van der Waals surface area contributed by atoms with Crippen LogP contribution in [0, 0.1) is 5.92 Å². The zero-order valence-electron chi connectivity index (χ0n) is 19.3. The average molecular weight is 409 g/mol. The molecule has 0 bridgehead atoms. The highest BCUT2D eigenvalue weighted by Gasteiger charge is 2.30. The van der Waals surface area contributed by atoms with Gasteiger partial charge < -0.3 is 9.47 Å². The van der Waals surface area contributed by atoms with Gasteiger partial charge >= 0.3 is 5.97 Å². The first-order valence-corrected chi connectivity index (χ1v) is 12.3. The molecule has 0 aromatic heterocycles. The molecule has 0 atom stereocenters. The van der Waals surface area contributed by atoms with Gasteiger partial charge in [-0.15, -0.1) is 0 Å². The standard InChI is InChI=1S/C20H40O.C6H8O2/c1-3-5-6-7-8-9-10-11-12-13-14-15-16-17-18-19-20-21-4-2;1-2-8-6(7)5-3-4-5/h4H,2-3,5-20H2,1H3;2,5H,1,3-4H2. The number of ether oxygens (including phenoxy) is 2. The topological polar surface area (TPSA) is 35.5 Å². The van der Waals surface area contributed by atoms with Crippen LogP contribution in [0.1, 0.15) is 122 Å². The number of rotatable bonds is 20. The monoisotopic (exact) mass is 408 g/mol. The molecule has 0 aliphatic heterocycles. The highest BCUT2D eigenvalue weighted by Crippen LogP contribution is 2.29. The quantitative estimate of drug-likeness (QED) is 0.115. The molecule has 0 aromatic rings. The lowest BCUT2D eigenvalue weighted by Gasteiger charge is -2.03. The lowest BCUT2D eigenvalue weighted by molar-refractivity contribution is -0.139. The van der Waals surface area contributed by atoms with E-state index >= 15 is 0 Å². The van der Waals surface area contributed by atoms with E-state index in [0.717, 1.165) is 19.4 Å². The Morgan fingerprint density at radius 3 is 1.48 bits per heavy atom. The van der Waals surface area contributed by atoms with E-state index in [9.17, 15) is 4.79 Å². The lowest BCUT2D eigenvalue weighted by atomic mass is 10.0. The van der Waals surface area contributed by atoms with Crippen LogP contribution in [0.15, 0.2) is 25.7 Å². The number of hydrogen-bond donors (Lipinski definition) is 0. The molecule has 1 rings (SSSR count). The predicted octanol–water partition coefficient (Wildman–Crippen LogP) is 8.49. The molecule has 0 unspecified atom stereocenters. The highest BCUT2D eigenvalue weighted by molar-refractivity contribution is 5.75. The Morgan fingerprint density at radius 1 is 0.724 bits per heavy atom. The number of carbonyl (C=O) groups excluding carboxylic acids is 1. The zero-order valence-corrected chi connectivity index (χ0v) is 19.3. The van der Waals surface area contributed by atoms with Crippen molar-refractivity contribution in [3.8, 4) is 0 Å². The van der Waals surface area contributed by atoms with Crippen molar-refractivity contribution in [2.45, 2.75) is 122 Å². The number of esters is 1. The van der Waals surface area contributed by atoms with Crippen LogP contribution in [-0.4, -0.2) is 12.6 Å². The van der Waals surface area contributed by atoms with E-state index < -0.39 is 0 Å². The average Bonchev–Trinajstić information content (AvgIpc) is 3.56. The minimum Gasteiger partial charge on any atom is -0.502 e. The molecule has 29 heavy (non-hydrogen) atoms. The van der Waals surface area contributed by atoms with Gasteiger partial charge in [0, 0.05) is 0 Å². The summed E-state index contributed by atoms with van der Waals surface area (Å²) in [6.07, 6.45) is 27.4. The molecule has 1 saturated carbocycles. The van der Waals surface area contributed by atoms with Crippen molar-refractivity contribution in [3.63, 3.8) is 0 Å². The first-order chi connectivity index (χ1) is 14.3. The minimum atomic E-state index is -0.125. The van der Waals surface area contributed by atoms with Gasteiger partial charge in [0.2, 0.25) is 0 Å². The van der Waals surface area contributed by atoms with Gasteiger partial charge in [-0.25, -0.2) is 0 Å². The molecule has 0 saturated heterocycles. The molecule has 0 aromatic carbocycles. The minimum absolute atomic E-state index is 0.125. The second-order valence-electron chi connectivity index (χ2n) is 8.22. The fraction of sp³-hybridized carbons (Fsp3) is 0.808. The van der Waals surface area contributed by atoms with Crippen LogP contribution in [0.3, 0.4) is 0 Å². The van der Waals surface area contributed by atoms with Crippen LogP contribution in [-0.2, 0) is 14.3 Å². The molecular formula is C26H48O3. The fourth-order valence-electron chi connectivity index (χ4n) is 3.31. The van der Waals surface area contributed by atoms with Crippen molar-refractivity contribution in [1.29, 1.82) is 0 Å². The van der Waals surface area contributed by atoms with Crippen molar-refractivity contribution in [3.05, 3.63) is 25.7 Å². The second kappa shape index (κ2) is 23.0. The number of hydrogen-bond acceptors (Lipinski definition) is 3. The van der Waals surface area contributed by atoms with Gasteiger partial charge in [-0.2, -0.15) is 0 Å². The fourth-order valence-corrected chi connectivity index (χ4v) is 3.31. The van der Waals surface area contributed by atoms with Crippen molar-refractivity contribution in [1.82, 2.24) is 0 Å². The van der Waals surface area contributed by atoms with E-state index in [1.54, 1.807) is 6.26 Å². The zero-order chi connectivity index (χ0) is 21.4. The summed E-state index contributed by atoms with van der Waals surface area (Å²) in [5.74, 6) is 0.0630. The van der Waals surface area contributed by atoms with Gasteiger partial charge in [0.1, 0.15) is 0 Å². The first-order valence-electron chi connectivity index (χ1n) is 12.3. The van der Waals surface area contributed by atoms with Gasteiger partial charge in [0.05, 0.1) is 25.0 Å². The summed E-state index contributed by atoms with van der Waals surface area (Å²) in [6.45, 7) is 9.96. The Balaban J connectivity index is 0.000000807. The lowest BCUT2D eigenvalue weighted by Crippen LogP contribution is -2.00. The summed E-state index contributed by atoms with van der Waals surface area (Å²) in [4.78, 5) is 10.5. The maximum atomic E-state index is 10.5. The molecule has 0 heterocycles. The SMILES string of the molecule is C=COC(=O)C1CC1.C=COCCCCCCCCCCCCCCCCCC. The summed E-state index contributed by atoms with van der Waals surface area (Å²) >= 11 is 0. The Kier molecular flexibility index (Phi) is 22.0. The Bertz CT molecular complexity index is 374. The largest absolute Gasteiger partial charge is 0.502 e. The van der Waals surface area contributed by atoms with Crippen LogP contribution in [0.5, 0.6) is 0 Å². The van der Waals surface area contributed by atoms with Crippen LogP contribution in [0.4, 0.5) is 0 Å². The predicted molar refractivity (Wildman–Crippen MR) is 125 cm³/mol. The van der Waals surface area contributed by atoms with Crippen molar-refractivity contribution >= 4 is 5.97 Å². The second-order valence-corrected chi connectivity index (χ2v) is 8.22. The van der Waals surface area contributed by atoms with E-state index in [2.05, 4.69) is 24.8 Å².